The highest BCUT2D eigenvalue weighted by Crippen LogP contribution is 2.30. The van der Waals surface area contributed by atoms with Crippen LogP contribution in [0.5, 0.6) is 0 Å². The van der Waals surface area contributed by atoms with Crippen LogP contribution in [0.4, 0.5) is 0 Å². The average Bonchev–Trinajstić information content (AvgIpc) is 2.47. The van der Waals surface area contributed by atoms with Gasteiger partial charge in [0.15, 0.2) is 0 Å². The van der Waals surface area contributed by atoms with Crippen LogP contribution in [0.15, 0.2) is 0 Å². The van der Waals surface area contributed by atoms with Gasteiger partial charge in [-0.05, 0) is 32.1 Å². The summed E-state index contributed by atoms with van der Waals surface area (Å²) in [5.41, 5.74) is 6.36. The molecule has 0 saturated heterocycles. The quantitative estimate of drug-likeness (QED) is 0.785. The predicted molar refractivity (Wildman–Crippen MR) is 83.3 cm³/mol. The number of hydrogen-bond donors (Lipinski definition) is 1. The van der Waals surface area contributed by atoms with E-state index in [9.17, 15) is 0 Å². The Morgan fingerprint density at radius 2 is 1.37 bits per heavy atom. The lowest BCUT2D eigenvalue weighted by Crippen LogP contribution is -2.50. The van der Waals surface area contributed by atoms with Crippen molar-refractivity contribution < 1.29 is 0 Å². The summed E-state index contributed by atoms with van der Waals surface area (Å²) in [7, 11) is 0. The maximum Gasteiger partial charge on any atom is 0.0167 e. The van der Waals surface area contributed by atoms with E-state index in [0.29, 0.717) is 6.04 Å². The second-order valence-corrected chi connectivity index (χ2v) is 6.83. The fourth-order valence-electron chi connectivity index (χ4n) is 4.15. The molecule has 0 aromatic rings. The monoisotopic (exact) mass is 266 g/mol. The van der Waals surface area contributed by atoms with Crippen LogP contribution >= 0.6 is 0 Å². The van der Waals surface area contributed by atoms with E-state index in [4.69, 9.17) is 5.73 Å². The minimum Gasteiger partial charge on any atom is -0.327 e. The Labute approximate surface area is 120 Å². The van der Waals surface area contributed by atoms with Gasteiger partial charge in [0.2, 0.25) is 0 Å². The van der Waals surface area contributed by atoms with Crippen LogP contribution in [0.25, 0.3) is 0 Å². The zero-order chi connectivity index (χ0) is 13.5. The third-order valence-electron chi connectivity index (χ3n) is 5.19. The van der Waals surface area contributed by atoms with Gasteiger partial charge in [-0.1, -0.05) is 51.9 Å². The first-order chi connectivity index (χ1) is 9.31. The smallest absolute Gasteiger partial charge is 0.0167 e. The fourth-order valence-corrected chi connectivity index (χ4v) is 4.15. The van der Waals surface area contributed by atoms with Crippen molar-refractivity contribution >= 4 is 0 Å². The van der Waals surface area contributed by atoms with Crippen molar-refractivity contribution in [2.24, 2.45) is 5.73 Å². The molecule has 0 amide bonds. The van der Waals surface area contributed by atoms with Crippen LogP contribution in [0.1, 0.15) is 84.0 Å². The van der Waals surface area contributed by atoms with Crippen LogP contribution < -0.4 is 5.73 Å². The van der Waals surface area contributed by atoms with Crippen molar-refractivity contribution in [2.75, 3.05) is 6.54 Å². The summed E-state index contributed by atoms with van der Waals surface area (Å²) in [5, 5.41) is 0. The van der Waals surface area contributed by atoms with Gasteiger partial charge in [0.05, 0.1) is 0 Å². The highest BCUT2D eigenvalue weighted by Gasteiger charge is 2.29. The molecule has 2 heteroatoms. The highest BCUT2D eigenvalue weighted by molar-refractivity contribution is 4.85. The molecule has 0 aliphatic heterocycles. The van der Waals surface area contributed by atoms with E-state index in [0.717, 1.165) is 18.6 Å². The third kappa shape index (κ3) is 4.75. The van der Waals surface area contributed by atoms with Gasteiger partial charge in [0.1, 0.15) is 0 Å². The minimum atomic E-state index is 0.397. The molecule has 0 heterocycles. The Morgan fingerprint density at radius 3 is 1.79 bits per heavy atom. The minimum absolute atomic E-state index is 0.397. The van der Waals surface area contributed by atoms with E-state index in [1.54, 1.807) is 0 Å². The predicted octanol–water partition coefficient (Wildman–Crippen LogP) is 4.08. The molecular formula is C17H34N2. The lowest BCUT2D eigenvalue weighted by molar-refractivity contribution is 0.0735. The lowest BCUT2D eigenvalue weighted by Gasteiger charge is -2.43. The standard InChI is InChI=1S/C17H34N2/c1-2-9-15(18)14-19(16-10-5-3-6-11-16)17-12-7-4-8-13-17/h15-17H,2-14,18H2,1H3. The van der Waals surface area contributed by atoms with Crippen molar-refractivity contribution in [3.63, 3.8) is 0 Å². The maximum absolute atomic E-state index is 6.36. The lowest BCUT2D eigenvalue weighted by atomic mass is 9.88. The first kappa shape index (κ1) is 15.3. The second-order valence-electron chi connectivity index (χ2n) is 6.83. The molecule has 0 radical (unpaired) electrons. The Hall–Kier alpha value is -0.0800. The molecule has 0 aromatic heterocycles. The highest BCUT2D eigenvalue weighted by atomic mass is 15.2. The molecule has 2 nitrogen and oxygen atoms in total. The zero-order valence-electron chi connectivity index (χ0n) is 12.9. The molecule has 2 saturated carbocycles. The van der Waals surface area contributed by atoms with Gasteiger partial charge < -0.3 is 5.73 Å². The Balaban J connectivity index is 1.94. The number of rotatable bonds is 6. The summed E-state index contributed by atoms with van der Waals surface area (Å²) >= 11 is 0. The van der Waals surface area contributed by atoms with Crippen LogP contribution in [-0.4, -0.2) is 29.6 Å². The molecule has 2 aliphatic rings. The number of hydrogen-bond acceptors (Lipinski definition) is 2. The van der Waals surface area contributed by atoms with Crippen LogP contribution in [-0.2, 0) is 0 Å². The molecular weight excluding hydrogens is 232 g/mol. The molecule has 112 valence electrons. The second kappa shape index (κ2) is 8.26. The first-order valence-corrected chi connectivity index (χ1v) is 8.82. The largest absolute Gasteiger partial charge is 0.327 e. The molecule has 2 N–H and O–H groups in total. The third-order valence-corrected chi connectivity index (χ3v) is 5.19. The van der Waals surface area contributed by atoms with Crippen molar-refractivity contribution in [3.8, 4) is 0 Å². The Kier molecular flexibility index (Phi) is 6.66. The SMILES string of the molecule is CCCC(N)CN(C1CCCCC1)C1CCCCC1. The normalized spacial score (nSPS) is 24.8. The molecule has 1 unspecified atom stereocenters. The molecule has 2 rings (SSSR count). The first-order valence-electron chi connectivity index (χ1n) is 8.82. The number of nitrogens with zero attached hydrogens (tertiary/aromatic N) is 1. The van der Waals surface area contributed by atoms with E-state index >= 15 is 0 Å². The molecule has 0 spiro atoms. The Morgan fingerprint density at radius 1 is 0.895 bits per heavy atom. The van der Waals surface area contributed by atoms with Gasteiger partial charge in [0.25, 0.3) is 0 Å². The molecule has 19 heavy (non-hydrogen) atoms. The van der Waals surface area contributed by atoms with E-state index in [2.05, 4.69) is 11.8 Å². The summed E-state index contributed by atoms with van der Waals surface area (Å²) in [4.78, 5) is 2.85. The summed E-state index contributed by atoms with van der Waals surface area (Å²) < 4.78 is 0. The van der Waals surface area contributed by atoms with Gasteiger partial charge in [-0.15, -0.1) is 0 Å². The zero-order valence-corrected chi connectivity index (χ0v) is 12.9. The topological polar surface area (TPSA) is 29.3 Å². The van der Waals surface area contributed by atoms with Crippen molar-refractivity contribution in [2.45, 2.75) is 102 Å². The molecule has 0 aromatic carbocycles. The van der Waals surface area contributed by atoms with Crippen molar-refractivity contribution in [1.29, 1.82) is 0 Å². The van der Waals surface area contributed by atoms with Gasteiger partial charge in [-0.3, -0.25) is 4.90 Å². The van der Waals surface area contributed by atoms with Gasteiger partial charge in [0, 0.05) is 24.7 Å². The molecule has 1 atom stereocenters. The summed E-state index contributed by atoms with van der Waals surface area (Å²) in [6.45, 7) is 3.41. The van der Waals surface area contributed by atoms with Gasteiger partial charge in [-0.2, -0.15) is 0 Å². The fraction of sp³-hybridized carbons (Fsp3) is 1.00. The molecule has 2 aliphatic carbocycles. The van der Waals surface area contributed by atoms with Crippen LogP contribution in [0.3, 0.4) is 0 Å². The van der Waals surface area contributed by atoms with E-state index in [-0.39, 0.29) is 0 Å². The van der Waals surface area contributed by atoms with E-state index < -0.39 is 0 Å². The maximum atomic E-state index is 6.36. The summed E-state index contributed by atoms with van der Waals surface area (Å²) in [6, 6.07) is 2.09. The van der Waals surface area contributed by atoms with E-state index in [1.165, 1.54) is 77.0 Å². The van der Waals surface area contributed by atoms with Crippen molar-refractivity contribution in [3.05, 3.63) is 0 Å². The van der Waals surface area contributed by atoms with Crippen molar-refractivity contribution in [1.82, 2.24) is 4.90 Å². The summed E-state index contributed by atoms with van der Waals surface area (Å²) in [5.74, 6) is 0. The van der Waals surface area contributed by atoms with Gasteiger partial charge >= 0.3 is 0 Å². The van der Waals surface area contributed by atoms with Crippen LogP contribution in [0.2, 0.25) is 0 Å². The molecule has 2 fully saturated rings. The average molecular weight is 266 g/mol. The van der Waals surface area contributed by atoms with E-state index in [1.807, 2.05) is 0 Å². The summed E-state index contributed by atoms with van der Waals surface area (Å²) in [6.07, 6.45) is 16.8. The van der Waals surface area contributed by atoms with Crippen LogP contribution in [0, 0.1) is 0 Å². The Bertz CT molecular complexity index is 211. The number of nitrogens with two attached hydrogens (primary N) is 1. The van der Waals surface area contributed by atoms with Gasteiger partial charge in [-0.25, -0.2) is 0 Å². The molecule has 0 bridgehead atoms.